The molecule has 1 aliphatic rings. The van der Waals surface area contributed by atoms with Gasteiger partial charge in [0.1, 0.15) is 5.54 Å². The van der Waals surface area contributed by atoms with E-state index in [2.05, 4.69) is 20.9 Å². The number of halogens is 1. The zero-order valence-electron chi connectivity index (χ0n) is 11.4. The maximum absolute atomic E-state index is 10.8. The van der Waals surface area contributed by atoms with Crippen LogP contribution < -0.4 is 9.47 Å². The molecule has 0 aliphatic heterocycles. The second kappa shape index (κ2) is 5.85. The highest BCUT2D eigenvalue weighted by atomic mass is 79.9. The Kier molecular flexibility index (Phi) is 4.35. The smallest absolute Gasteiger partial charge is 0.235 e. The fraction of sp³-hybridized carbons (Fsp3) is 0.500. The van der Waals surface area contributed by atoms with Crippen LogP contribution in [0.1, 0.15) is 31.2 Å². The predicted molar refractivity (Wildman–Crippen MR) is 77.2 cm³/mol. The molecule has 0 spiro atoms. The molecule has 2 rings (SSSR count). The summed E-state index contributed by atoms with van der Waals surface area (Å²) in [6.07, 6.45) is 4.94. The van der Waals surface area contributed by atoms with Crippen molar-refractivity contribution < 1.29 is 19.4 Å². The number of ether oxygens (including phenoxy) is 2. The number of aromatic hydroxyl groups is 1. The molecule has 0 bridgehead atoms. The van der Waals surface area contributed by atoms with Gasteiger partial charge in [0.05, 0.1) is 14.2 Å². The zero-order valence-corrected chi connectivity index (χ0v) is 13.0. The van der Waals surface area contributed by atoms with Crippen molar-refractivity contribution in [2.45, 2.75) is 31.2 Å². The van der Waals surface area contributed by atoms with E-state index in [1.54, 1.807) is 12.1 Å². The fourth-order valence-corrected chi connectivity index (χ4v) is 3.62. The molecule has 108 valence electrons. The number of rotatable bonds is 4. The zero-order chi connectivity index (χ0) is 14.8. The number of phenols is 1. The summed E-state index contributed by atoms with van der Waals surface area (Å²) < 4.78 is 11.0. The minimum atomic E-state index is -0.732. The summed E-state index contributed by atoms with van der Waals surface area (Å²) in [5.74, 6) is 0.626. The number of benzene rings is 1. The van der Waals surface area contributed by atoms with Gasteiger partial charge in [0.2, 0.25) is 11.8 Å². The van der Waals surface area contributed by atoms with Crippen molar-refractivity contribution in [3.63, 3.8) is 0 Å². The number of carbonyl (C=O) groups excluding carboxylic acids is 1. The quantitative estimate of drug-likeness (QED) is 0.674. The van der Waals surface area contributed by atoms with Crippen molar-refractivity contribution in [3.05, 3.63) is 16.1 Å². The molecule has 1 aromatic rings. The van der Waals surface area contributed by atoms with Gasteiger partial charge in [-0.3, -0.25) is 0 Å². The first kappa shape index (κ1) is 14.9. The largest absolute Gasteiger partial charge is 0.504 e. The van der Waals surface area contributed by atoms with Crippen molar-refractivity contribution >= 4 is 22.0 Å². The Balaban J connectivity index is 2.70. The highest BCUT2D eigenvalue weighted by molar-refractivity contribution is 9.10. The van der Waals surface area contributed by atoms with Gasteiger partial charge in [0.25, 0.3) is 0 Å². The van der Waals surface area contributed by atoms with E-state index in [0.29, 0.717) is 28.6 Å². The van der Waals surface area contributed by atoms with Gasteiger partial charge in [-0.25, -0.2) is 4.79 Å². The van der Waals surface area contributed by atoms with Crippen LogP contribution in [-0.4, -0.2) is 25.4 Å². The fourth-order valence-electron chi connectivity index (χ4n) is 2.85. The molecule has 0 heterocycles. The van der Waals surface area contributed by atoms with Crippen molar-refractivity contribution in [1.29, 1.82) is 0 Å². The van der Waals surface area contributed by atoms with Crippen molar-refractivity contribution in [1.82, 2.24) is 0 Å². The van der Waals surface area contributed by atoms with Gasteiger partial charge in [0, 0.05) is 10.0 Å². The molecule has 0 unspecified atom stereocenters. The Morgan fingerprint density at radius 1 is 1.35 bits per heavy atom. The number of aliphatic imine (C=N–C) groups is 1. The third-order valence-electron chi connectivity index (χ3n) is 3.75. The molecule has 1 aliphatic carbocycles. The average molecular weight is 342 g/mol. The molecular formula is C14H16BrNO4. The summed E-state index contributed by atoms with van der Waals surface area (Å²) >= 11 is 3.43. The van der Waals surface area contributed by atoms with E-state index in [1.165, 1.54) is 14.2 Å². The van der Waals surface area contributed by atoms with Gasteiger partial charge >= 0.3 is 0 Å². The highest BCUT2D eigenvalue weighted by Crippen LogP contribution is 2.53. The summed E-state index contributed by atoms with van der Waals surface area (Å²) in [6, 6.07) is 1.72. The molecule has 1 aromatic carbocycles. The standard InChI is InChI=1S/C14H16BrNO4/c1-19-10-7-9(15)11(12(18)13(10)20-2)14(16-8-17)5-3-4-6-14/h7,18H,3-6H2,1-2H3. The van der Waals surface area contributed by atoms with E-state index in [4.69, 9.17) is 9.47 Å². The summed E-state index contributed by atoms with van der Waals surface area (Å²) in [5.41, 5.74) is -0.166. The third kappa shape index (κ3) is 2.30. The predicted octanol–water partition coefficient (Wildman–Crippen LogP) is 3.28. The normalized spacial score (nSPS) is 16.6. The molecule has 5 nitrogen and oxygen atoms in total. The van der Waals surface area contributed by atoms with E-state index < -0.39 is 5.54 Å². The summed E-state index contributed by atoms with van der Waals surface area (Å²) in [6.45, 7) is 0. The number of isocyanates is 1. The number of hydrogen-bond donors (Lipinski definition) is 1. The van der Waals surface area contributed by atoms with Crippen molar-refractivity contribution in [3.8, 4) is 17.2 Å². The van der Waals surface area contributed by atoms with Gasteiger partial charge in [0.15, 0.2) is 11.5 Å². The van der Waals surface area contributed by atoms with Gasteiger partial charge in [-0.15, -0.1) is 0 Å². The minimum Gasteiger partial charge on any atom is -0.504 e. The van der Waals surface area contributed by atoms with Gasteiger partial charge in [-0.05, 0) is 18.9 Å². The summed E-state index contributed by atoms with van der Waals surface area (Å²) in [5, 5.41) is 10.5. The van der Waals surface area contributed by atoms with Crippen LogP contribution in [0.25, 0.3) is 0 Å². The maximum atomic E-state index is 10.8. The SMILES string of the molecule is COc1cc(Br)c(C2(N=C=O)CCCC2)c(O)c1OC. The Morgan fingerprint density at radius 3 is 2.50 bits per heavy atom. The summed E-state index contributed by atoms with van der Waals surface area (Å²) in [7, 11) is 2.96. The molecule has 20 heavy (non-hydrogen) atoms. The van der Waals surface area contributed by atoms with E-state index in [1.807, 2.05) is 0 Å². The van der Waals surface area contributed by atoms with Crippen molar-refractivity contribution in [2.24, 2.45) is 4.99 Å². The first-order valence-electron chi connectivity index (χ1n) is 6.32. The maximum Gasteiger partial charge on any atom is 0.235 e. The minimum absolute atomic E-state index is 0.0420. The molecule has 1 N–H and O–H groups in total. The Bertz CT molecular complexity index is 561. The summed E-state index contributed by atoms with van der Waals surface area (Å²) in [4.78, 5) is 14.8. The van der Waals surface area contributed by atoms with Gasteiger partial charge in [-0.2, -0.15) is 4.99 Å². The number of phenolic OH excluding ortho intramolecular Hbond substituents is 1. The number of methoxy groups -OCH3 is 2. The second-order valence-corrected chi connectivity index (χ2v) is 5.61. The van der Waals surface area contributed by atoms with Crippen LogP contribution in [0.4, 0.5) is 0 Å². The lowest BCUT2D eigenvalue weighted by Crippen LogP contribution is -2.20. The number of hydrogen-bond acceptors (Lipinski definition) is 5. The third-order valence-corrected chi connectivity index (χ3v) is 4.38. The second-order valence-electron chi connectivity index (χ2n) is 4.76. The van der Waals surface area contributed by atoms with E-state index in [-0.39, 0.29) is 11.5 Å². The Morgan fingerprint density at radius 2 is 2.00 bits per heavy atom. The first-order chi connectivity index (χ1) is 9.59. The lowest BCUT2D eigenvalue weighted by atomic mass is 9.87. The first-order valence-corrected chi connectivity index (χ1v) is 7.12. The molecule has 0 saturated heterocycles. The molecule has 1 fully saturated rings. The van der Waals surface area contributed by atoms with Crippen molar-refractivity contribution in [2.75, 3.05) is 14.2 Å². The van der Waals surface area contributed by atoms with E-state index in [0.717, 1.165) is 12.8 Å². The molecule has 0 radical (unpaired) electrons. The lowest BCUT2D eigenvalue weighted by Gasteiger charge is -2.26. The van der Waals surface area contributed by atoms with Crippen LogP contribution in [0.3, 0.4) is 0 Å². The van der Waals surface area contributed by atoms with Crippen LogP contribution in [-0.2, 0) is 10.3 Å². The van der Waals surface area contributed by atoms with Crippen LogP contribution >= 0.6 is 15.9 Å². The Labute approximate surface area is 125 Å². The molecule has 0 amide bonds. The lowest BCUT2D eigenvalue weighted by molar-refractivity contribution is 0.323. The monoisotopic (exact) mass is 341 g/mol. The van der Waals surface area contributed by atoms with Gasteiger partial charge < -0.3 is 14.6 Å². The highest BCUT2D eigenvalue weighted by Gasteiger charge is 2.41. The van der Waals surface area contributed by atoms with Crippen LogP contribution in [0, 0.1) is 0 Å². The number of nitrogens with zero attached hydrogens (tertiary/aromatic N) is 1. The molecular weight excluding hydrogens is 326 g/mol. The average Bonchev–Trinajstić information content (AvgIpc) is 2.87. The van der Waals surface area contributed by atoms with Crippen LogP contribution in [0.2, 0.25) is 0 Å². The van der Waals surface area contributed by atoms with E-state index in [9.17, 15) is 9.90 Å². The molecule has 0 aromatic heterocycles. The topological polar surface area (TPSA) is 68.1 Å². The molecule has 6 heteroatoms. The van der Waals surface area contributed by atoms with Crippen LogP contribution in [0.15, 0.2) is 15.5 Å². The van der Waals surface area contributed by atoms with Crippen LogP contribution in [0.5, 0.6) is 17.2 Å². The Hall–Kier alpha value is -1.52. The van der Waals surface area contributed by atoms with E-state index >= 15 is 0 Å². The van der Waals surface area contributed by atoms with Gasteiger partial charge in [-0.1, -0.05) is 28.8 Å². The molecule has 0 atom stereocenters. The molecule has 1 saturated carbocycles.